The van der Waals surface area contributed by atoms with Crippen molar-refractivity contribution in [2.45, 2.75) is 19.6 Å². The molecule has 0 atom stereocenters. The van der Waals surface area contributed by atoms with E-state index in [2.05, 4.69) is 309 Å². The highest BCUT2D eigenvalue weighted by atomic mass is 32.2. The molecule has 4 aliphatic heterocycles. The summed E-state index contributed by atoms with van der Waals surface area (Å²) in [5.74, 6) is 3.22. The molecule has 0 saturated heterocycles. The van der Waals surface area contributed by atoms with Crippen LogP contribution in [0.4, 0.5) is 0 Å². The van der Waals surface area contributed by atoms with Gasteiger partial charge in [0.25, 0.3) is 6.71 Å². The van der Waals surface area contributed by atoms with Crippen molar-refractivity contribution in [3.05, 3.63) is 291 Å². The van der Waals surface area contributed by atoms with Gasteiger partial charge >= 0.3 is 0 Å². The maximum absolute atomic E-state index is 8.02. The number of ether oxygens (including phenoxy) is 2. The second kappa shape index (κ2) is 19.2. The fourth-order valence-electron chi connectivity index (χ4n) is 16.9. The van der Waals surface area contributed by atoms with Gasteiger partial charge in [0, 0.05) is 79.8 Å². The monoisotopic (exact) mass is 1230 g/mol. The van der Waals surface area contributed by atoms with Crippen LogP contribution in [0.2, 0.25) is 0 Å². The lowest BCUT2D eigenvalue weighted by molar-refractivity contribution is 0.465. The van der Waals surface area contributed by atoms with Crippen LogP contribution < -0.4 is 42.3 Å². The minimum atomic E-state index is -0.213. The molecule has 4 aromatic heterocycles. The largest absolute Gasteiger partial charge is 0.458 e. The van der Waals surface area contributed by atoms with Gasteiger partial charge in [-0.25, -0.2) is 0 Å². The lowest BCUT2D eigenvalue weighted by Crippen LogP contribution is -2.58. The molecule has 0 N–H and O–H groups in total. The molecule has 0 fully saturated rings. The van der Waals surface area contributed by atoms with Gasteiger partial charge in [-0.15, -0.1) is 0 Å². The maximum atomic E-state index is 8.02. The predicted molar refractivity (Wildman–Crippen MR) is 393 cm³/mol. The van der Waals surface area contributed by atoms with E-state index in [-0.39, 0.29) is 13.4 Å². The molecule has 18 aromatic rings. The molecular formula is C84H48B2N4O2S2. The van der Waals surface area contributed by atoms with Crippen LogP contribution in [0.25, 0.3) is 121 Å². The lowest BCUT2D eigenvalue weighted by Gasteiger charge is -2.38. The first-order chi connectivity index (χ1) is 46.7. The summed E-state index contributed by atoms with van der Waals surface area (Å²) in [7, 11) is 0. The van der Waals surface area contributed by atoms with Crippen molar-refractivity contribution >= 4 is 157 Å². The molecule has 0 bridgehead atoms. The molecule has 434 valence electrons. The molecule has 0 aliphatic carbocycles. The third-order valence-electron chi connectivity index (χ3n) is 20.6. The topological polar surface area (TPSA) is 38.2 Å². The minimum Gasteiger partial charge on any atom is -0.458 e. The third-order valence-corrected chi connectivity index (χ3v) is 23.0. The highest BCUT2D eigenvalue weighted by molar-refractivity contribution is 8.01. The average Bonchev–Trinajstić information content (AvgIpc) is 1.26. The van der Waals surface area contributed by atoms with Crippen LogP contribution in [-0.4, -0.2) is 31.7 Å². The van der Waals surface area contributed by atoms with Crippen LogP contribution in [0, 0.1) is 0 Å². The van der Waals surface area contributed by atoms with Crippen molar-refractivity contribution in [1.82, 2.24) is 18.3 Å². The standard InChI is InChI=1S/C84H48B2N4O2S2/c1-11-35-61-49(23-1)50-24-2-12-36-62(50)87(61)67-41-21-29-55-53-27-5-15-39-65(53)89(81(55)67)69-47-73-79-83(92-72-44-18-8-32-58(72)85(79)57-31-7-17-43-71(57)91-73)77(69)78-70(48-76-80-84(78)94-75-46-20-10-34-60(75)86(80)59-33-9-19-45-74(59)93-76)90-66-40-16-6-28-54(66)56-30-22-42-68(82(56)90)88-63-37-13-3-25-51(63)52-26-4-14-38-64(52)88/h1-48H. The number of rotatable bonds is 5. The van der Waals surface area contributed by atoms with Crippen molar-refractivity contribution in [3.63, 3.8) is 0 Å². The molecule has 0 amide bonds. The molecule has 4 aliphatic rings. The normalized spacial score (nSPS) is 13.4. The third kappa shape index (κ3) is 6.80. The number of aromatic nitrogens is 4. The Kier molecular flexibility index (Phi) is 10.5. The number of para-hydroxylation sites is 10. The summed E-state index contributed by atoms with van der Waals surface area (Å²) in [6.45, 7) is -0.272. The van der Waals surface area contributed by atoms with Gasteiger partial charge in [-0.1, -0.05) is 241 Å². The SMILES string of the molecule is c1ccc2c(c1)Oc1cc(-n3c4ccccc4c4cccc(-n5c6ccccc6c6ccccc65)c43)c(-c3c(-n4c5ccccc5c5cccc(-n6c7ccccc7c7ccccc76)c54)cc4c5c3Sc3ccccc3B5c3ccccc3S4)c3c1B2c1ccccc1O3. The molecule has 10 heteroatoms. The first-order valence-corrected chi connectivity index (χ1v) is 33.8. The molecule has 0 spiro atoms. The summed E-state index contributed by atoms with van der Waals surface area (Å²) in [6.07, 6.45) is 0. The van der Waals surface area contributed by atoms with E-state index in [1.807, 2.05) is 23.5 Å². The molecule has 0 unspecified atom stereocenters. The van der Waals surface area contributed by atoms with Gasteiger partial charge in [-0.3, -0.25) is 0 Å². The van der Waals surface area contributed by atoms with Gasteiger partial charge in [-0.2, -0.15) is 0 Å². The first kappa shape index (κ1) is 51.3. The second-order valence-electron chi connectivity index (χ2n) is 25.2. The van der Waals surface area contributed by atoms with Crippen LogP contribution in [0.1, 0.15) is 0 Å². The van der Waals surface area contributed by atoms with E-state index in [1.165, 1.54) is 68.3 Å². The highest BCUT2D eigenvalue weighted by Gasteiger charge is 2.46. The van der Waals surface area contributed by atoms with E-state index in [4.69, 9.17) is 9.47 Å². The van der Waals surface area contributed by atoms with E-state index < -0.39 is 0 Å². The van der Waals surface area contributed by atoms with E-state index >= 15 is 0 Å². The zero-order chi connectivity index (χ0) is 61.0. The molecule has 8 heterocycles. The Hall–Kier alpha value is -11.3. The van der Waals surface area contributed by atoms with Gasteiger partial charge < -0.3 is 27.7 Å². The van der Waals surface area contributed by atoms with Crippen LogP contribution >= 0.6 is 23.5 Å². The Balaban J connectivity index is 0.972. The van der Waals surface area contributed by atoms with E-state index in [1.54, 1.807) is 0 Å². The molecular weight excluding hydrogens is 1180 g/mol. The van der Waals surface area contributed by atoms with Gasteiger partial charge in [0.1, 0.15) is 23.0 Å². The average molecular weight is 1230 g/mol. The molecule has 6 nitrogen and oxygen atoms in total. The summed E-state index contributed by atoms with van der Waals surface area (Å²) >= 11 is 3.81. The molecule has 14 aromatic carbocycles. The van der Waals surface area contributed by atoms with Crippen molar-refractivity contribution in [2.75, 3.05) is 0 Å². The highest BCUT2D eigenvalue weighted by Crippen LogP contribution is 2.55. The van der Waals surface area contributed by atoms with Crippen LogP contribution in [-0.2, 0) is 0 Å². The van der Waals surface area contributed by atoms with Crippen molar-refractivity contribution in [3.8, 4) is 56.9 Å². The summed E-state index contributed by atoms with van der Waals surface area (Å²) in [6, 6.07) is 108. The van der Waals surface area contributed by atoms with Crippen molar-refractivity contribution < 1.29 is 9.47 Å². The van der Waals surface area contributed by atoms with Crippen LogP contribution in [0.3, 0.4) is 0 Å². The predicted octanol–water partition coefficient (Wildman–Crippen LogP) is 17.9. The van der Waals surface area contributed by atoms with E-state index in [0.29, 0.717) is 0 Å². The van der Waals surface area contributed by atoms with Crippen molar-refractivity contribution in [1.29, 1.82) is 0 Å². The lowest BCUT2D eigenvalue weighted by atomic mass is 9.34. The number of benzene rings is 14. The summed E-state index contributed by atoms with van der Waals surface area (Å²) in [5.41, 5.74) is 22.4. The molecule has 94 heavy (non-hydrogen) atoms. The summed E-state index contributed by atoms with van der Waals surface area (Å²) < 4.78 is 25.7. The summed E-state index contributed by atoms with van der Waals surface area (Å²) in [4.78, 5) is 4.94. The Bertz CT molecular complexity index is 5920. The Labute approximate surface area is 548 Å². The number of hydrogen-bond acceptors (Lipinski definition) is 4. The fraction of sp³-hybridized carbons (Fsp3) is 0. The zero-order valence-electron chi connectivity index (χ0n) is 50.3. The van der Waals surface area contributed by atoms with Gasteiger partial charge in [0.05, 0.1) is 72.4 Å². The van der Waals surface area contributed by atoms with Crippen molar-refractivity contribution in [2.24, 2.45) is 0 Å². The maximum Gasteiger partial charge on any atom is 0.260 e. The Morgan fingerprint density at radius 2 is 0.628 bits per heavy atom. The molecule has 22 rings (SSSR count). The van der Waals surface area contributed by atoms with Crippen LogP contribution in [0.5, 0.6) is 23.0 Å². The van der Waals surface area contributed by atoms with E-state index in [0.717, 1.165) is 128 Å². The van der Waals surface area contributed by atoms with Crippen LogP contribution in [0.15, 0.2) is 311 Å². The number of hydrogen-bond donors (Lipinski definition) is 0. The second-order valence-corrected chi connectivity index (χ2v) is 27.4. The van der Waals surface area contributed by atoms with Gasteiger partial charge in [0.15, 0.2) is 0 Å². The van der Waals surface area contributed by atoms with Gasteiger partial charge in [0.2, 0.25) is 6.71 Å². The Morgan fingerprint density at radius 3 is 1.13 bits per heavy atom. The summed E-state index contributed by atoms with van der Waals surface area (Å²) in [5, 5.41) is 9.47. The number of fused-ring (bicyclic) bond motifs is 20. The molecule has 0 radical (unpaired) electrons. The Morgan fingerprint density at radius 1 is 0.255 bits per heavy atom. The molecule has 0 saturated carbocycles. The quantitative estimate of drug-likeness (QED) is 0.161. The van der Waals surface area contributed by atoms with E-state index in [9.17, 15) is 0 Å². The first-order valence-electron chi connectivity index (χ1n) is 32.2. The van der Waals surface area contributed by atoms with Gasteiger partial charge in [-0.05, 0) is 95.3 Å². The number of nitrogens with zero attached hydrogens (tertiary/aromatic N) is 4. The minimum absolute atomic E-state index is 0.0591. The smallest absolute Gasteiger partial charge is 0.260 e. The zero-order valence-corrected chi connectivity index (χ0v) is 51.9. The fourth-order valence-corrected chi connectivity index (χ4v) is 19.5.